The Balaban J connectivity index is 3.06. The fraction of sp³-hybridized carbons (Fsp3) is 0.400. The van der Waals surface area contributed by atoms with Crippen molar-refractivity contribution in [3.8, 4) is 0 Å². The van der Waals surface area contributed by atoms with Gasteiger partial charge in [0.25, 0.3) is 0 Å². The minimum absolute atomic E-state index is 0.107. The SMILES string of the molecule is CC(C)c1cc[c]c(C(F)(F)F)c1. The van der Waals surface area contributed by atoms with Gasteiger partial charge in [0.15, 0.2) is 0 Å². The maximum Gasteiger partial charge on any atom is 0.417 e. The van der Waals surface area contributed by atoms with E-state index in [1.165, 1.54) is 6.07 Å². The minimum atomic E-state index is -4.29. The summed E-state index contributed by atoms with van der Waals surface area (Å²) in [6, 6.07) is 6.29. The first kappa shape index (κ1) is 10.1. The van der Waals surface area contributed by atoms with Crippen molar-refractivity contribution in [1.29, 1.82) is 0 Å². The van der Waals surface area contributed by atoms with Gasteiger partial charge in [0.05, 0.1) is 5.56 Å². The second kappa shape index (κ2) is 3.40. The molecule has 0 spiro atoms. The number of rotatable bonds is 1. The summed E-state index contributed by atoms with van der Waals surface area (Å²) in [6.45, 7) is 3.71. The summed E-state index contributed by atoms with van der Waals surface area (Å²) in [5, 5.41) is 0. The van der Waals surface area contributed by atoms with Gasteiger partial charge in [-0.05, 0) is 23.6 Å². The molecule has 0 aliphatic rings. The fourth-order valence-electron chi connectivity index (χ4n) is 1.01. The van der Waals surface area contributed by atoms with Crippen molar-refractivity contribution < 1.29 is 13.2 Å². The van der Waals surface area contributed by atoms with Crippen molar-refractivity contribution in [2.24, 2.45) is 0 Å². The Hall–Kier alpha value is -0.990. The van der Waals surface area contributed by atoms with Crippen LogP contribution in [0.1, 0.15) is 30.9 Å². The summed E-state index contributed by atoms with van der Waals surface area (Å²) in [6.07, 6.45) is -4.29. The van der Waals surface area contributed by atoms with Crippen LogP contribution in [0.25, 0.3) is 0 Å². The molecule has 0 aliphatic heterocycles. The Morgan fingerprint density at radius 2 is 1.92 bits per heavy atom. The van der Waals surface area contributed by atoms with Crippen LogP contribution >= 0.6 is 0 Å². The van der Waals surface area contributed by atoms with Gasteiger partial charge in [0.2, 0.25) is 0 Å². The van der Waals surface area contributed by atoms with E-state index in [2.05, 4.69) is 6.07 Å². The third-order valence-corrected chi connectivity index (χ3v) is 1.80. The van der Waals surface area contributed by atoms with Gasteiger partial charge in [-0.25, -0.2) is 0 Å². The van der Waals surface area contributed by atoms with Crippen molar-refractivity contribution >= 4 is 0 Å². The van der Waals surface area contributed by atoms with Crippen molar-refractivity contribution in [3.63, 3.8) is 0 Å². The molecular weight excluding hydrogens is 177 g/mol. The molecule has 0 saturated carbocycles. The predicted octanol–water partition coefficient (Wildman–Crippen LogP) is 3.63. The zero-order valence-electron chi connectivity index (χ0n) is 7.44. The van der Waals surface area contributed by atoms with E-state index in [1.54, 1.807) is 6.07 Å². The van der Waals surface area contributed by atoms with E-state index in [0.29, 0.717) is 5.56 Å². The molecule has 1 radical (unpaired) electrons. The predicted molar refractivity (Wildman–Crippen MR) is 44.4 cm³/mol. The molecule has 0 heterocycles. The average molecular weight is 187 g/mol. The van der Waals surface area contributed by atoms with Crippen LogP contribution < -0.4 is 0 Å². The Labute approximate surface area is 75.4 Å². The molecule has 0 N–H and O–H groups in total. The Kier molecular flexibility index (Phi) is 2.64. The quantitative estimate of drug-likeness (QED) is 0.629. The van der Waals surface area contributed by atoms with Gasteiger partial charge >= 0.3 is 6.18 Å². The lowest BCUT2D eigenvalue weighted by Crippen LogP contribution is -2.05. The Bertz CT molecular complexity index is 286. The van der Waals surface area contributed by atoms with Crippen molar-refractivity contribution in [3.05, 3.63) is 35.4 Å². The van der Waals surface area contributed by atoms with E-state index in [4.69, 9.17) is 0 Å². The van der Waals surface area contributed by atoms with Gasteiger partial charge < -0.3 is 0 Å². The minimum Gasteiger partial charge on any atom is -0.166 e. The van der Waals surface area contributed by atoms with E-state index < -0.39 is 11.7 Å². The number of halogens is 3. The van der Waals surface area contributed by atoms with Crippen LogP contribution in [0.15, 0.2) is 18.2 Å². The highest BCUT2D eigenvalue weighted by Crippen LogP contribution is 2.30. The van der Waals surface area contributed by atoms with Gasteiger partial charge in [0, 0.05) is 0 Å². The van der Waals surface area contributed by atoms with Crippen LogP contribution in [0.4, 0.5) is 13.2 Å². The molecule has 0 aromatic heterocycles. The van der Waals surface area contributed by atoms with Crippen LogP contribution in [-0.4, -0.2) is 0 Å². The van der Waals surface area contributed by atoms with Crippen molar-refractivity contribution in [1.82, 2.24) is 0 Å². The smallest absolute Gasteiger partial charge is 0.166 e. The number of alkyl halides is 3. The molecule has 71 valence electrons. The van der Waals surface area contributed by atoms with Crippen molar-refractivity contribution in [2.75, 3.05) is 0 Å². The van der Waals surface area contributed by atoms with Crippen LogP contribution in [-0.2, 0) is 6.18 Å². The second-order valence-electron chi connectivity index (χ2n) is 3.19. The van der Waals surface area contributed by atoms with Crippen LogP contribution in [0, 0.1) is 6.07 Å². The first-order valence-corrected chi connectivity index (χ1v) is 4.00. The Morgan fingerprint density at radius 1 is 1.31 bits per heavy atom. The van der Waals surface area contributed by atoms with E-state index >= 15 is 0 Å². The summed E-state index contributed by atoms with van der Waals surface area (Å²) in [7, 11) is 0. The Morgan fingerprint density at radius 3 is 2.38 bits per heavy atom. The van der Waals surface area contributed by atoms with Gasteiger partial charge in [0.1, 0.15) is 0 Å². The molecule has 1 rings (SSSR count). The number of benzene rings is 1. The molecule has 0 atom stereocenters. The van der Waals surface area contributed by atoms with Crippen LogP contribution in [0.5, 0.6) is 0 Å². The lowest BCUT2D eigenvalue weighted by atomic mass is 10.0. The third kappa shape index (κ3) is 2.47. The van der Waals surface area contributed by atoms with Crippen molar-refractivity contribution in [2.45, 2.75) is 25.9 Å². The molecule has 0 nitrogen and oxygen atoms in total. The van der Waals surface area contributed by atoms with Gasteiger partial charge in [-0.1, -0.05) is 26.0 Å². The van der Waals surface area contributed by atoms with Gasteiger partial charge in [-0.2, -0.15) is 13.2 Å². The second-order valence-corrected chi connectivity index (χ2v) is 3.19. The average Bonchev–Trinajstić information content (AvgIpc) is 2.03. The zero-order chi connectivity index (χ0) is 10.1. The lowest BCUT2D eigenvalue weighted by molar-refractivity contribution is -0.137. The number of hydrogen-bond donors (Lipinski definition) is 0. The molecule has 13 heavy (non-hydrogen) atoms. The van der Waals surface area contributed by atoms with Crippen LogP contribution in [0.2, 0.25) is 0 Å². The van der Waals surface area contributed by atoms with Gasteiger partial charge in [-0.3, -0.25) is 0 Å². The third-order valence-electron chi connectivity index (χ3n) is 1.80. The molecule has 0 aliphatic carbocycles. The molecular formula is C10H10F3. The van der Waals surface area contributed by atoms with E-state index in [0.717, 1.165) is 6.07 Å². The molecule has 0 amide bonds. The summed E-state index contributed by atoms with van der Waals surface area (Å²) in [5.41, 5.74) is -0.00947. The summed E-state index contributed by atoms with van der Waals surface area (Å²) in [4.78, 5) is 0. The summed E-state index contributed by atoms with van der Waals surface area (Å²) >= 11 is 0. The normalized spacial score (nSPS) is 12.2. The van der Waals surface area contributed by atoms with E-state index in [9.17, 15) is 13.2 Å². The molecule has 0 bridgehead atoms. The molecule has 0 fully saturated rings. The first-order chi connectivity index (χ1) is 5.91. The highest BCUT2D eigenvalue weighted by atomic mass is 19.4. The first-order valence-electron chi connectivity index (χ1n) is 4.00. The largest absolute Gasteiger partial charge is 0.417 e. The molecule has 1 aromatic carbocycles. The standard InChI is InChI=1S/C10H10F3/c1-7(2)8-4-3-5-9(6-8)10(11,12)13/h3-4,6-7H,1-2H3. The number of hydrogen-bond acceptors (Lipinski definition) is 0. The highest BCUT2D eigenvalue weighted by Gasteiger charge is 2.30. The van der Waals surface area contributed by atoms with Gasteiger partial charge in [-0.15, -0.1) is 0 Å². The maximum absolute atomic E-state index is 12.2. The lowest BCUT2D eigenvalue weighted by Gasteiger charge is -2.09. The summed E-state index contributed by atoms with van der Waals surface area (Å²) < 4.78 is 36.6. The monoisotopic (exact) mass is 187 g/mol. The molecule has 1 aromatic rings. The van der Waals surface area contributed by atoms with E-state index in [-0.39, 0.29) is 5.92 Å². The highest BCUT2D eigenvalue weighted by molar-refractivity contribution is 5.26. The molecule has 0 saturated heterocycles. The topological polar surface area (TPSA) is 0 Å². The zero-order valence-corrected chi connectivity index (χ0v) is 7.44. The van der Waals surface area contributed by atoms with E-state index in [1.807, 2.05) is 13.8 Å². The van der Waals surface area contributed by atoms with Crippen LogP contribution in [0.3, 0.4) is 0 Å². The molecule has 0 unspecified atom stereocenters. The molecule has 3 heteroatoms. The maximum atomic E-state index is 12.2. The summed E-state index contributed by atoms with van der Waals surface area (Å²) in [5.74, 6) is 0.107. The fourth-order valence-corrected chi connectivity index (χ4v) is 1.01.